The lowest BCUT2D eigenvalue weighted by molar-refractivity contribution is -0.119. The van der Waals surface area contributed by atoms with E-state index in [9.17, 15) is 4.79 Å². The van der Waals surface area contributed by atoms with Crippen molar-refractivity contribution in [3.8, 4) is 0 Å². The van der Waals surface area contributed by atoms with Crippen LogP contribution >= 0.6 is 0 Å². The van der Waals surface area contributed by atoms with Gasteiger partial charge in [-0.1, -0.05) is 68.5 Å². The zero-order valence-corrected chi connectivity index (χ0v) is 18.9. The second kappa shape index (κ2) is 9.39. The van der Waals surface area contributed by atoms with Crippen LogP contribution in [0.4, 0.5) is 0 Å². The van der Waals surface area contributed by atoms with E-state index in [0.29, 0.717) is 6.54 Å². The zero-order chi connectivity index (χ0) is 22.6. The molecule has 1 aliphatic carbocycles. The summed E-state index contributed by atoms with van der Waals surface area (Å²) in [5, 5.41) is 6.28. The van der Waals surface area contributed by atoms with Crippen molar-refractivity contribution in [2.24, 2.45) is 4.99 Å². The van der Waals surface area contributed by atoms with E-state index in [-0.39, 0.29) is 11.3 Å². The standard InChI is InChI=1S/C28H31N3O/c1-4-9-25(26-14-15-30-27(26)29-5-2)21-12-8-13-24(16-21)28(19-31-20(3)32)17-22-10-6-7-11-23(22)18-28/h5-8,10-16H,2,4,9,17-19H2,1,3H3,(H,29,30)(H,31,32)/b26-25+. The molecule has 4 nitrogen and oxygen atoms in total. The number of rotatable bonds is 7. The highest BCUT2D eigenvalue weighted by atomic mass is 16.1. The number of amides is 1. The number of nitrogens with one attached hydrogen (secondary N) is 2. The van der Waals surface area contributed by atoms with Gasteiger partial charge in [-0.2, -0.15) is 0 Å². The smallest absolute Gasteiger partial charge is 0.216 e. The number of fused-ring (bicyclic) bond motifs is 1. The summed E-state index contributed by atoms with van der Waals surface area (Å²) in [6, 6.07) is 17.5. The van der Waals surface area contributed by atoms with Crippen LogP contribution in [0.5, 0.6) is 0 Å². The van der Waals surface area contributed by atoms with E-state index >= 15 is 0 Å². The molecule has 0 radical (unpaired) electrons. The van der Waals surface area contributed by atoms with Crippen molar-refractivity contribution in [1.82, 2.24) is 10.6 Å². The van der Waals surface area contributed by atoms with E-state index in [1.807, 2.05) is 6.20 Å². The third kappa shape index (κ3) is 4.31. The number of benzene rings is 2. The third-order valence-corrected chi connectivity index (χ3v) is 6.44. The first kappa shape index (κ1) is 21.8. The van der Waals surface area contributed by atoms with Crippen LogP contribution in [0, 0.1) is 0 Å². The summed E-state index contributed by atoms with van der Waals surface area (Å²) in [6.45, 7) is 8.21. The summed E-state index contributed by atoms with van der Waals surface area (Å²) >= 11 is 0. The van der Waals surface area contributed by atoms with Gasteiger partial charge >= 0.3 is 0 Å². The van der Waals surface area contributed by atoms with Crippen LogP contribution in [-0.2, 0) is 23.1 Å². The summed E-state index contributed by atoms with van der Waals surface area (Å²) in [4.78, 5) is 16.3. The maximum absolute atomic E-state index is 11.8. The molecule has 0 unspecified atom stereocenters. The topological polar surface area (TPSA) is 53.5 Å². The number of carbonyl (C=O) groups is 1. The highest BCUT2D eigenvalue weighted by Gasteiger charge is 2.39. The fourth-order valence-electron chi connectivity index (χ4n) is 4.93. The van der Waals surface area contributed by atoms with Crippen molar-refractivity contribution in [2.75, 3.05) is 6.54 Å². The van der Waals surface area contributed by atoms with Crippen LogP contribution in [-0.4, -0.2) is 18.3 Å². The molecule has 2 N–H and O–H groups in total. The van der Waals surface area contributed by atoms with Gasteiger partial charge in [0.1, 0.15) is 5.84 Å². The molecule has 0 aromatic heterocycles. The van der Waals surface area contributed by atoms with Gasteiger partial charge in [0.25, 0.3) is 0 Å². The summed E-state index contributed by atoms with van der Waals surface area (Å²) < 4.78 is 0. The van der Waals surface area contributed by atoms with Crippen LogP contribution in [0.15, 0.2) is 84.2 Å². The van der Waals surface area contributed by atoms with Gasteiger partial charge in [0, 0.05) is 30.7 Å². The number of carbonyl (C=O) groups excluding carboxylic acids is 1. The number of allylic oxidation sites excluding steroid dienone is 1. The molecule has 4 heteroatoms. The van der Waals surface area contributed by atoms with Crippen molar-refractivity contribution in [3.05, 3.63) is 101 Å². The number of amidine groups is 1. The Hall–Kier alpha value is -3.40. The fraction of sp³-hybridized carbons (Fsp3) is 0.286. The van der Waals surface area contributed by atoms with Gasteiger partial charge in [0.05, 0.1) is 0 Å². The van der Waals surface area contributed by atoms with Gasteiger partial charge in [-0.15, -0.1) is 0 Å². The lowest BCUT2D eigenvalue weighted by atomic mass is 9.76. The third-order valence-electron chi connectivity index (χ3n) is 6.44. The highest BCUT2D eigenvalue weighted by Crippen LogP contribution is 2.41. The first-order valence-corrected chi connectivity index (χ1v) is 11.3. The van der Waals surface area contributed by atoms with Gasteiger partial charge in [-0.25, -0.2) is 4.99 Å². The number of hydrogen-bond donors (Lipinski definition) is 2. The summed E-state index contributed by atoms with van der Waals surface area (Å²) in [6.07, 6.45) is 9.44. The van der Waals surface area contributed by atoms with E-state index in [0.717, 1.165) is 37.1 Å². The second-order valence-electron chi connectivity index (χ2n) is 8.68. The molecule has 164 valence electrons. The van der Waals surface area contributed by atoms with E-state index in [1.54, 1.807) is 13.1 Å². The Bertz CT molecular complexity index is 1100. The van der Waals surface area contributed by atoms with Crippen molar-refractivity contribution < 1.29 is 4.79 Å². The normalized spacial score (nSPS) is 17.5. The first-order valence-electron chi connectivity index (χ1n) is 11.3. The van der Waals surface area contributed by atoms with Gasteiger partial charge in [0.15, 0.2) is 0 Å². The molecule has 32 heavy (non-hydrogen) atoms. The van der Waals surface area contributed by atoms with Crippen molar-refractivity contribution in [1.29, 1.82) is 0 Å². The van der Waals surface area contributed by atoms with Crippen LogP contribution < -0.4 is 10.6 Å². The first-order chi connectivity index (χ1) is 15.6. The number of hydrogen-bond acceptors (Lipinski definition) is 3. The Balaban J connectivity index is 1.77. The minimum atomic E-state index is -0.144. The quantitative estimate of drug-likeness (QED) is 0.651. The Morgan fingerprint density at radius 3 is 2.56 bits per heavy atom. The monoisotopic (exact) mass is 425 g/mol. The Labute approximate surface area is 190 Å². The fourth-order valence-corrected chi connectivity index (χ4v) is 4.93. The van der Waals surface area contributed by atoms with Gasteiger partial charge in [-0.3, -0.25) is 4.79 Å². The minimum Gasteiger partial charge on any atom is -0.355 e. The lowest BCUT2D eigenvalue weighted by Crippen LogP contribution is -2.41. The summed E-state index contributed by atoms with van der Waals surface area (Å²) in [5.41, 5.74) is 7.48. The number of nitrogens with zero attached hydrogens (tertiary/aromatic N) is 1. The van der Waals surface area contributed by atoms with Crippen molar-refractivity contribution >= 4 is 17.3 Å². The molecule has 0 saturated carbocycles. The minimum absolute atomic E-state index is 0.0118. The van der Waals surface area contributed by atoms with E-state index < -0.39 is 0 Å². The average Bonchev–Trinajstić information content (AvgIpc) is 3.41. The van der Waals surface area contributed by atoms with Gasteiger partial charge < -0.3 is 10.6 Å². The summed E-state index contributed by atoms with van der Waals surface area (Å²) in [5.74, 6) is 0.854. The molecular weight excluding hydrogens is 394 g/mol. The van der Waals surface area contributed by atoms with Crippen LogP contribution in [0.2, 0.25) is 0 Å². The lowest BCUT2D eigenvalue weighted by Gasteiger charge is -2.31. The molecular formula is C28H31N3O. The molecule has 0 atom stereocenters. The Morgan fingerprint density at radius 1 is 1.16 bits per heavy atom. The molecule has 0 bridgehead atoms. The van der Waals surface area contributed by atoms with Gasteiger partial charge in [-0.05, 0) is 59.4 Å². The van der Waals surface area contributed by atoms with Crippen LogP contribution in [0.3, 0.4) is 0 Å². The van der Waals surface area contributed by atoms with Crippen LogP contribution in [0.25, 0.3) is 5.57 Å². The Kier molecular flexibility index (Phi) is 6.40. The van der Waals surface area contributed by atoms with Crippen LogP contribution in [0.1, 0.15) is 48.9 Å². The molecule has 2 aliphatic rings. The van der Waals surface area contributed by atoms with E-state index in [4.69, 9.17) is 0 Å². The van der Waals surface area contributed by atoms with Gasteiger partial charge in [0.2, 0.25) is 5.91 Å². The second-order valence-corrected chi connectivity index (χ2v) is 8.68. The molecule has 1 amide bonds. The molecule has 4 rings (SSSR count). The molecule has 0 spiro atoms. The predicted molar refractivity (Wildman–Crippen MR) is 132 cm³/mol. The highest BCUT2D eigenvalue weighted by molar-refractivity contribution is 6.09. The molecule has 0 fully saturated rings. The number of aliphatic imine (C=N–C) groups is 1. The van der Waals surface area contributed by atoms with Crippen molar-refractivity contribution in [3.63, 3.8) is 0 Å². The molecule has 2 aromatic carbocycles. The molecule has 2 aromatic rings. The maximum atomic E-state index is 11.8. The largest absolute Gasteiger partial charge is 0.355 e. The Morgan fingerprint density at radius 2 is 1.91 bits per heavy atom. The average molecular weight is 426 g/mol. The SMILES string of the molecule is C=CNC1=NC=C/C1=C(/CCC)c1cccc(C2(CNC(C)=O)Cc3ccccc3C2)c1. The van der Waals surface area contributed by atoms with E-state index in [2.05, 4.69) is 83.7 Å². The molecule has 1 aliphatic heterocycles. The van der Waals surface area contributed by atoms with Crippen molar-refractivity contribution in [2.45, 2.75) is 44.9 Å². The predicted octanol–water partition coefficient (Wildman–Crippen LogP) is 5.07. The molecule has 0 saturated heterocycles. The maximum Gasteiger partial charge on any atom is 0.216 e. The summed E-state index contributed by atoms with van der Waals surface area (Å²) in [7, 11) is 0. The molecule has 1 heterocycles. The zero-order valence-electron chi connectivity index (χ0n) is 18.9. The van der Waals surface area contributed by atoms with E-state index in [1.165, 1.54) is 27.8 Å².